The highest BCUT2D eigenvalue weighted by atomic mass is 35.5. The third-order valence-corrected chi connectivity index (χ3v) is 4.12. The van der Waals surface area contributed by atoms with E-state index in [1.54, 1.807) is 48.5 Å². The second-order valence-corrected chi connectivity index (χ2v) is 5.86. The fourth-order valence-corrected chi connectivity index (χ4v) is 2.67. The van der Waals surface area contributed by atoms with Crippen molar-refractivity contribution in [3.05, 3.63) is 80.4 Å². The quantitative estimate of drug-likeness (QED) is 0.418. The average Bonchev–Trinajstić information content (AvgIpc) is 2.60. The van der Waals surface area contributed by atoms with Crippen LogP contribution < -0.4 is 0 Å². The highest BCUT2D eigenvalue weighted by molar-refractivity contribution is 6.32. The van der Waals surface area contributed by atoms with Crippen molar-refractivity contribution in [1.82, 2.24) is 0 Å². The second kappa shape index (κ2) is 8.22. The lowest BCUT2D eigenvalue weighted by molar-refractivity contribution is -0.385. The molecule has 25 heavy (non-hydrogen) atoms. The Morgan fingerprint density at radius 3 is 2.52 bits per heavy atom. The number of carbonyl (C=O) groups excluding carboxylic acids is 1. The third kappa shape index (κ3) is 4.52. The Balaban J connectivity index is 2.42. The Labute approximate surface area is 150 Å². The molecule has 0 heterocycles. The number of hydrogen-bond donors (Lipinski definition) is 0. The van der Waals surface area contributed by atoms with Crippen LogP contribution in [0.3, 0.4) is 0 Å². The molecule has 0 saturated carbocycles. The molecule has 0 fully saturated rings. The maximum atomic E-state index is 12.0. The Morgan fingerprint density at radius 1 is 1.28 bits per heavy atom. The van der Waals surface area contributed by atoms with Crippen molar-refractivity contribution in [1.29, 1.82) is 5.26 Å². The Kier molecular flexibility index (Phi) is 6.04. The van der Waals surface area contributed by atoms with Crippen LogP contribution in [0.4, 0.5) is 5.69 Å². The van der Waals surface area contributed by atoms with E-state index < -0.39 is 10.8 Å². The molecule has 0 N–H and O–H groups in total. The van der Waals surface area contributed by atoms with E-state index in [9.17, 15) is 20.2 Å². The number of allylic oxidation sites excluding steroid dienone is 1. The predicted molar refractivity (Wildman–Crippen MR) is 96.2 cm³/mol. The van der Waals surface area contributed by atoms with Gasteiger partial charge in [-0.05, 0) is 36.6 Å². The van der Waals surface area contributed by atoms with Crippen LogP contribution in [0.25, 0.3) is 6.08 Å². The maximum Gasteiger partial charge on any atom is 0.273 e. The lowest BCUT2D eigenvalue weighted by Gasteiger charge is -2.12. The number of Topliss-reactive ketones (excluding diaryl/α,β-unsaturated/α-hetero) is 1. The number of ketones is 1. The fourth-order valence-electron chi connectivity index (χ4n) is 2.48. The van der Waals surface area contributed by atoms with Crippen molar-refractivity contribution in [2.75, 3.05) is 0 Å². The van der Waals surface area contributed by atoms with Gasteiger partial charge in [0.25, 0.3) is 5.69 Å². The summed E-state index contributed by atoms with van der Waals surface area (Å²) in [6.45, 7) is 1.40. The summed E-state index contributed by atoms with van der Waals surface area (Å²) >= 11 is 6.12. The molecule has 0 bridgehead atoms. The molecule has 0 aliphatic heterocycles. The van der Waals surface area contributed by atoms with Crippen molar-refractivity contribution in [3.63, 3.8) is 0 Å². The van der Waals surface area contributed by atoms with Gasteiger partial charge in [-0.25, -0.2) is 0 Å². The summed E-state index contributed by atoms with van der Waals surface area (Å²) in [6.07, 6.45) is 1.70. The number of carbonyl (C=O) groups is 1. The van der Waals surface area contributed by atoms with Gasteiger partial charge in [0.2, 0.25) is 0 Å². The number of benzene rings is 2. The summed E-state index contributed by atoms with van der Waals surface area (Å²) in [5.41, 5.74) is 1.21. The van der Waals surface area contributed by atoms with Gasteiger partial charge in [0.1, 0.15) is 0 Å². The molecule has 5 nitrogen and oxygen atoms in total. The van der Waals surface area contributed by atoms with Gasteiger partial charge in [0.15, 0.2) is 5.78 Å². The van der Waals surface area contributed by atoms with Gasteiger partial charge in [-0.15, -0.1) is 0 Å². The Hall–Kier alpha value is -2.97. The number of nitriles is 1. The molecule has 1 atom stereocenters. The Morgan fingerprint density at radius 2 is 1.92 bits per heavy atom. The molecule has 0 saturated heterocycles. The third-order valence-electron chi connectivity index (χ3n) is 3.78. The molecule has 2 aromatic carbocycles. The van der Waals surface area contributed by atoms with Crippen LogP contribution >= 0.6 is 11.6 Å². The van der Waals surface area contributed by atoms with Crippen molar-refractivity contribution in [3.8, 4) is 6.07 Å². The van der Waals surface area contributed by atoms with E-state index in [-0.39, 0.29) is 17.9 Å². The van der Waals surface area contributed by atoms with E-state index in [0.717, 1.165) is 0 Å². The van der Waals surface area contributed by atoms with Crippen LogP contribution in [-0.2, 0) is 4.79 Å². The van der Waals surface area contributed by atoms with E-state index in [1.807, 2.05) is 0 Å². The van der Waals surface area contributed by atoms with Crippen LogP contribution in [0.5, 0.6) is 0 Å². The summed E-state index contributed by atoms with van der Waals surface area (Å²) < 4.78 is 0. The minimum absolute atomic E-state index is 0.0713. The molecule has 1 unspecified atom stereocenters. The van der Waals surface area contributed by atoms with E-state index in [2.05, 4.69) is 6.07 Å². The van der Waals surface area contributed by atoms with Gasteiger partial charge in [0, 0.05) is 16.7 Å². The maximum absolute atomic E-state index is 12.0. The molecular formula is C19H15ClN2O3. The monoisotopic (exact) mass is 354 g/mol. The molecule has 0 radical (unpaired) electrons. The van der Waals surface area contributed by atoms with Gasteiger partial charge in [0.05, 0.1) is 16.9 Å². The zero-order valence-corrected chi connectivity index (χ0v) is 14.2. The number of nitro groups is 1. The lowest BCUT2D eigenvalue weighted by Crippen LogP contribution is -2.06. The first-order chi connectivity index (χ1) is 11.9. The molecule has 2 aromatic rings. The van der Waals surface area contributed by atoms with Crippen LogP contribution in [-0.4, -0.2) is 10.7 Å². The van der Waals surface area contributed by atoms with Crippen LogP contribution in [0.15, 0.2) is 54.1 Å². The summed E-state index contributed by atoms with van der Waals surface area (Å²) in [7, 11) is 0. The minimum atomic E-state index is -0.806. The van der Waals surface area contributed by atoms with Gasteiger partial charge in [-0.3, -0.25) is 14.9 Å². The molecule has 0 aliphatic carbocycles. The number of rotatable bonds is 6. The summed E-state index contributed by atoms with van der Waals surface area (Å²) in [5.74, 6) is -1.02. The topological polar surface area (TPSA) is 84.0 Å². The highest BCUT2D eigenvalue weighted by Gasteiger charge is 2.23. The predicted octanol–water partition coefficient (Wildman–Crippen LogP) is 4.92. The zero-order chi connectivity index (χ0) is 18.4. The summed E-state index contributed by atoms with van der Waals surface area (Å²) in [4.78, 5) is 22.7. The van der Waals surface area contributed by atoms with Crippen molar-refractivity contribution in [2.45, 2.75) is 19.3 Å². The average molecular weight is 355 g/mol. The first-order valence-corrected chi connectivity index (χ1v) is 7.90. The van der Waals surface area contributed by atoms with Gasteiger partial charge >= 0.3 is 0 Å². The SMILES string of the molecule is CC(=O)/C(=C/c1ccccc1Cl)CC(C#N)c1ccccc1[N+](=O)[O-]. The van der Waals surface area contributed by atoms with Crippen LogP contribution in [0.2, 0.25) is 5.02 Å². The number of hydrogen-bond acceptors (Lipinski definition) is 4. The van der Waals surface area contributed by atoms with Crippen LogP contribution in [0.1, 0.15) is 30.4 Å². The van der Waals surface area contributed by atoms with E-state index in [1.165, 1.54) is 13.0 Å². The first-order valence-electron chi connectivity index (χ1n) is 7.53. The zero-order valence-electron chi connectivity index (χ0n) is 13.5. The molecule has 0 aromatic heterocycles. The summed E-state index contributed by atoms with van der Waals surface area (Å²) in [6, 6.07) is 15.2. The molecule has 0 amide bonds. The van der Waals surface area contributed by atoms with Crippen molar-refractivity contribution < 1.29 is 9.72 Å². The lowest BCUT2D eigenvalue weighted by atomic mass is 9.90. The first kappa shape index (κ1) is 18.4. The molecule has 0 spiro atoms. The number of para-hydroxylation sites is 1. The van der Waals surface area contributed by atoms with Crippen LogP contribution in [0, 0.1) is 21.4 Å². The standard InChI is InChI=1S/C19H15ClN2O3/c1-13(23)15(10-14-6-2-4-8-18(14)20)11-16(12-21)17-7-3-5-9-19(17)22(24)25/h2-10,16H,11H2,1H3/b15-10+. The second-order valence-electron chi connectivity index (χ2n) is 5.45. The number of halogens is 1. The number of nitro benzene ring substituents is 1. The van der Waals surface area contributed by atoms with E-state index in [0.29, 0.717) is 21.7 Å². The molecule has 2 rings (SSSR count). The van der Waals surface area contributed by atoms with Crippen molar-refractivity contribution >= 4 is 29.1 Å². The van der Waals surface area contributed by atoms with E-state index >= 15 is 0 Å². The van der Waals surface area contributed by atoms with Gasteiger partial charge in [-0.2, -0.15) is 5.26 Å². The molecular weight excluding hydrogens is 340 g/mol. The van der Waals surface area contributed by atoms with Gasteiger partial charge in [-0.1, -0.05) is 48.0 Å². The van der Waals surface area contributed by atoms with E-state index in [4.69, 9.17) is 11.6 Å². The minimum Gasteiger partial charge on any atom is -0.295 e. The number of nitrogens with zero attached hydrogens (tertiary/aromatic N) is 2. The van der Waals surface area contributed by atoms with Gasteiger partial charge < -0.3 is 0 Å². The van der Waals surface area contributed by atoms with Crippen molar-refractivity contribution in [2.24, 2.45) is 0 Å². The molecule has 0 aliphatic rings. The Bertz CT molecular complexity index is 884. The summed E-state index contributed by atoms with van der Waals surface area (Å²) in [5, 5.41) is 21.2. The normalized spacial score (nSPS) is 12.3. The fraction of sp³-hybridized carbons (Fsp3) is 0.158. The smallest absolute Gasteiger partial charge is 0.273 e. The molecule has 126 valence electrons. The molecule has 6 heteroatoms. The largest absolute Gasteiger partial charge is 0.295 e. The highest BCUT2D eigenvalue weighted by Crippen LogP contribution is 2.32.